The van der Waals surface area contributed by atoms with E-state index >= 15 is 0 Å². The van der Waals surface area contributed by atoms with Crippen molar-refractivity contribution in [2.75, 3.05) is 5.75 Å². The Kier molecular flexibility index (Phi) is 8.19. The van der Waals surface area contributed by atoms with Crippen LogP contribution in [0.3, 0.4) is 0 Å². The molecule has 2 heteroatoms. The van der Waals surface area contributed by atoms with E-state index < -0.39 is 0 Å². The second kappa shape index (κ2) is 8.18. The van der Waals surface area contributed by atoms with Gasteiger partial charge in [-0.25, -0.2) is 0 Å². The molecule has 0 fully saturated rings. The van der Waals surface area contributed by atoms with Crippen LogP contribution in [0.2, 0.25) is 0 Å². The Hall–Kier alpha value is 0.0200. The van der Waals surface area contributed by atoms with Crippen molar-refractivity contribution in [3.8, 4) is 0 Å². The van der Waals surface area contributed by atoms with Gasteiger partial charge in [-0.15, -0.1) is 0 Å². The molecule has 0 spiro atoms. The Balaban J connectivity index is 4.50. The first-order valence-corrected chi connectivity index (χ1v) is 7.95. The lowest BCUT2D eigenvalue weighted by Gasteiger charge is -2.26. The second-order valence-corrected chi connectivity index (χ2v) is 7.76. The summed E-state index contributed by atoms with van der Waals surface area (Å²) in [6, 6.07) is 0. The van der Waals surface area contributed by atoms with Crippen LogP contribution < -0.4 is 0 Å². The van der Waals surface area contributed by atoms with Gasteiger partial charge in [-0.05, 0) is 29.3 Å². The normalized spacial score (nSPS) is 15.6. The maximum absolute atomic E-state index is 12.3. The molecular formula is C15H30OS. The number of hydrogen-bond donors (Lipinski definition) is 0. The first-order chi connectivity index (χ1) is 7.75. The number of thioether (sulfide) groups is 1. The Morgan fingerprint density at radius 1 is 1.00 bits per heavy atom. The van der Waals surface area contributed by atoms with E-state index in [1.165, 1.54) is 0 Å². The first kappa shape index (κ1) is 17.0. The quantitative estimate of drug-likeness (QED) is 0.630. The summed E-state index contributed by atoms with van der Waals surface area (Å²) in [4.78, 5) is 12.3. The minimum absolute atomic E-state index is 0.172. The van der Waals surface area contributed by atoms with Crippen molar-refractivity contribution >= 4 is 17.5 Å². The lowest BCUT2D eigenvalue weighted by Crippen LogP contribution is -2.28. The molecule has 0 aromatic carbocycles. The molecule has 1 nitrogen and oxygen atoms in total. The van der Waals surface area contributed by atoms with Gasteiger partial charge in [-0.1, -0.05) is 48.5 Å². The smallest absolute Gasteiger partial charge is 0.138 e. The maximum Gasteiger partial charge on any atom is 0.138 e. The van der Waals surface area contributed by atoms with Gasteiger partial charge in [-0.3, -0.25) is 4.79 Å². The molecule has 0 saturated carbocycles. The van der Waals surface area contributed by atoms with E-state index in [1.807, 2.05) is 25.6 Å². The summed E-state index contributed by atoms with van der Waals surface area (Å²) in [5.41, 5.74) is 0. The van der Waals surface area contributed by atoms with Crippen LogP contribution in [0.15, 0.2) is 0 Å². The number of Topliss-reactive ketones (excluding diaryl/α,β-unsaturated/α-hetero) is 1. The summed E-state index contributed by atoms with van der Waals surface area (Å²) >= 11 is 1.97. The highest BCUT2D eigenvalue weighted by atomic mass is 32.2. The topological polar surface area (TPSA) is 17.1 Å². The molecule has 0 aliphatic carbocycles. The Bertz CT molecular complexity index is 221. The van der Waals surface area contributed by atoms with Crippen molar-refractivity contribution in [3.05, 3.63) is 0 Å². The zero-order chi connectivity index (χ0) is 13.6. The molecule has 0 radical (unpaired) electrons. The minimum atomic E-state index is 0.172. The van der Waals surface area contributed by atoms with Crippen molar-refractivity contribution in [3.63, 3.8) is 0 Å². The zero-order valence-corrected chi connectivity index (χ0v) is 13.4. The molecule has 0 aliphatic rings. The molecule has 0 heterocycles. The summed E-state index contributed by atoms with van der Waals surface area (Å²) in [7, 11) is 0. The van der Waals surface area contributed by atoms with Crippen LogP contribution in [0.5, 0.6) is 0 Å². The van der Waals surface area contributed by atoms with Gasteiger partial charge in [0.05, 0.1) is 0 Å². The largest absolute Gasteiger partial charge is 0.299 e. The van der Waals surface area contributed by atoms with Crippen molar-refractivity contribution in [2.24, 2.45) is 23.7 Å². The summed E-state index contributed by atoms with van der Waals surface area (Å²) < 4.78 is 0. The molecule has 0 aromatic heterocycles. The third kappa shape index (κ3) is 7.13. The number of hydrogen-bond acceptors (Lipinski definition) is 2. The van der Waals surface area contributed by atoms with Crippen LogP contribution in [0.25, 0.3) is 0 Å². The summed E-state index contributed by atoms with van der Waals surface area (Å²) in [5.74, 6) is 3.09. The molecule has 0 aliphatic heterocycles. The molecular weight excluding hydrogens is 228 g/mol. The Morgan fingerprint density at radius 3 is 1.88 bits per heavy atom. The van der Waals surface area contributed by atoms with E-state index in [1.54, 1.807) is 0 Å². The average Bonchev–Trinajstić information content (AvgIpc) is 2.21. The summed E-state index contributed by atoms with van der Waals surface area (Å²) in [6.45, 7) is 15.2. The Morgan fingerprint density at radius 2 is 1.53 bits per heavy atom. The van der Waals surface area contributed by atoms with Crippen molar-refractivity contribution in [1.82, 2.24) is 0 Å². The van der Waals surface area contributed by atoms with Gasteiger partial charge in [0.1, 0.15) is 5.78 Å². The first-order valence-electron chi connectivity index (χ1n) is 6.91. The van der Waals surface area contributed by atoms with Gasteiger partial charge in [0.25, 0.3) is 0 Å². The van der Waals surface area contributed by atoms with Gasteiger partial charge >= 0.3 is 0 Å². The third-order valence-corrected chi connectivity index (χ3v) is 4.42. The highest BCUT2D eigenvalue weighted by Gasteiger charge is 2.27. The number of rotatable bonds is 8. The fraction of sp³-hybridized carbons (Fsp3) is 0.933. The van der Waals surface area contributed by atoms with Crippen LogP contribution in [0.1, 0.15) is 54.9 Å². The van der Waals surface area contributed by atoms with Gasteiger partial charge in [0.2, 0.25) is 0 Å². The number of carbonyl (C=O) groups is 1. The van der Waals surface area contributed by atoms with Gasteiger partial charge in [0.15, 0.2) is 0 Å². The van der Waals surface area contributed by atoms with Crippen LogP contribution in [0, 0.1) is 23.7 Å². The second-order valence-electron chi connectivity index (χ2n) is 6.15. The van der Waals surface area contributed by atoms with E-state index in [9.17, 15) is 4.79 Å². The van der Waals surface area contributed by atoms with Crippen molar-refractivity contribution in [1.29, 1.82) is 0 Å². The van der Waals surface area contributed by atoms with Crippen LogP contribution in [-0.4, -0.2) is 16.8 Å². The molecule has 0 aromatic rings. The molecule has 0 bridgehead atoms. The number of ketones is 1. The summed E-state index contributed by atoms with van der Waals surface area (Å²) in [5, 5.41) is 0.659. The molecule has 0 amide bonds. The molecule has 17 heavy (non-hydrogen) atoms. The average molecular weight is 258 g/mol. The van der Waals surface area contributed by atoms with E-state index in [4.69, 9.17) is 0 Å². The fourth-order valence-corrected chi connectivity index (χ4v) is 2.95. The standard InChI is InChI=1S/C15H30OS/c1-10(2)8-14(15(16)11(3)4)13(7)9-17-12(5)6/h10-14H,8-9H2,1-7H3. The van der Waals surface area contributed by atoms with Gasteiger partial charge < -0.3 is 0 Å². The van der Waals surface area contributed by atoms with Crippen molar-refractivity contribution in [2.45, 2.75) is 60.1 Å². The van der Waals surface area contributed by atoms with Crippen LogP contribution >= 0.6 is 11.8 Å². The highest BCUT2D eigenvalue weighted by Crippen LogP contribution is 2.28. The predicted octanol–water partition coefficient (Wildman–Crippen LogP) is 4.65. The minimum Gasteiger partial charge on any atom is -0.299 e. The van der Waals surface area contributed by atoms with Gasteiger partial charge in [0, 0.05) is 11.8 Å². The van der Waals surface area contributed by atoms with E-state index in [2.05, 4.69) is 34.6 Å². The highest BCUT2D eigenvalue weighted by molar-refractivity contribution is 7.99. The molecule has 102 valence electrons. The maximum atomic E-state index is 12.3. The van der Waals surface area contributed by atoms with Gasteiger partial charge in [-0.2, -0.15) is 11.8 Å². The van der Waals surface area contributed by atoms with Crippen molar-refractivity contribution < 1.29 is 4.79 Å². The van der Waals surface area contributed by atoms with Crippen LogP contribution in [0.4, 0.5) is 0 Å². The van der Waals surface area contributed by atoms with Crippen LogP contribution in [-0.2, 0) is 4.79 Å². The Labute approximate surface area is 112 Å². The third-order valence-electron chi connectivity index (χ3n) is 3.04. The number of carbonyl (C=O) groups excluding carboxylic acids is 1. The SMILES string of the molecule is CC(C)CC(C(=O)C(C)C)C(C)CSC(C)C. The lowest BCUT2D eigenvalue weighted by molar-refractivity contribution is -0.127. The lowest BCUT2D eigenvalue weighted by atomic mass is 9.81. The van der Waals surface area contributed by atoms with E-state index in [-0.39, 0.29) is 11.8 Å². The summed E-state index contributed by atoms with van der Waals surface area (Å²) in [6.07, 6.45) is 1.04. The monoisotopic (exact) mass is 258 g/mol. The molecule has 2 atom stereocenters. The van der Waals surface area contributed by atoms with E-state index in [0.717, 1.165) is 12.2 Å². The molecule has 0 rings (SSSR count). The molecule has 2 unspecified atom stereocenters. The zero-order valence-electron chi connectivity index (χ0n) is 12.6. The fourth-order valence-electron chi connectivity index (χ4n) is 2.03. The predicted molar refractivity (Wildman–Crippen MR) is 79.5 cm³/mol. The van der Waals surface area contributed by atoms with E-state index in [0.29, 0.717) is 22.9 Å². The molecule has 0 N–H and O–H groups in total. The molecule has 0 saturated heterocycles.